The van der Waals surface area contributed by atoms with Crippen molar-refractivity contribution in [2.75, 3.05) is 0 Å². The second kappa shape index (κ2) is 10.9. The molecule has 2 nitrogen and oxygen atoms in total. The van der Waals surface area contributed by atoms with Crippen molar-refractivity contribution in [2.45, 2.75) is 130 Å². The van der Waals surface area contributed by atoms with Gasteiger partial charge in [0.05, 0.1) is 0 Å². The summed E-state index contributed by atoms with van der Waals surface area (Å²) in [7, 11) is 0. The van der Waals surface area contributed by atoms with E-state index in [4.69, 9.17) is 0 Å². The van der Waals surface area contributed by atoms with Crippen molar-refractivity contribution in [1.82, 2.24) is 0 Å². The fourth-order valence-corrected chi connectivity index (χ4v) is 12.4. The van der Waals surface area contributed by atoms with Gasteiger partial charge in [-0.15, -0.1) is 0 Å². The first-order valence-corrected chi connectivity index (χ1v) is 18.7. The zero-order valence-electron chi connectivity index (χ0n) is 29.2. The van der Waals surface area contributed by atoms with E-state index in [2.05, 4.69) is 77.9 Å². The van der Waals surface area contributed by atoms with E-state index in [1.54, 1.807) is 22.3 Å². The molecular weight excluding hydrogens is 560 g/mol. The number of carbonyl (C=O) groups excluding carboxylic acids is 2. The average molecular weight is 615 g/mol. The van der Waals surface area contributed by atoms with Crippen LogP contribution in [0.5, 0.6) is 0 Å². The van der Waals surface area contributed by atoms with E-state index in [0.29, 0.717) is 47.1 Å². The summed E-state index contributed by atoms with van der Waals surface area (Å²) in [5.41, 5.74) is 14.4. The number of carbonyl (C=O) groups is 2. The van der Waals surface area contributed by atoms with Crippen molar-refractivity contribution >= 4 is 22.7 Å². The van der Waals surface area contributed by atoms with Gasteiger partial charge in [-0.05, 0) is 172 Å². The van der Waals surface area contributed by atoms with Gasteiger partial charge in [0.1, 0.15) is 11.6 Å². The Morgan fingerprint density at radius 1 is 0.565 bits per heavy atom. The lowest BCUT2D eigenvalue weighted by Gasteiger charge is -2.48. The molecule has 6 aliphatic carbocycles. The number of hydrogen-bond acceptors (Lipinski definition) is 2. The van der Waals surface area contributed by atoms with Gasteiger partial charge in [0.25, 0.3) is 0 Å². The molecule has 0 heterocycles. The van der Waals surface area contributed by atoms with Gasteiger partial charge in [-0.25, -0.2) is 0 Å². The second-order valence-electron chi connectivity index (χ2n) is 17.2. The van der Waals surface area contributed by atoms with Crippen LogP contribution >= 0.6 is 0 Å². The minimum atomic E-state index is -0.0604. The molecular formula is C44H54O2. The van der Waals surface area contributed by atoms with Gasteiger partial charge in [-0.1, -0.05) is 61.4 Å². The predicted octanol–water partition coefficient (Wildman–Crippen LogP) is 10.8. The molecule has 46 heavy (non-hydrogen) atoms. The Morgan fingerprint density at radius 3 is 1.37 bits per heavy atom. The fourth-order valence-electron chi connectivity index (χ4n) is 12.4. The highest BCUT2D eigenvalue weighted by molar-refractivity contribution is 6.07. The summed E-state index contributed by atoms with van der Waals surface area (Å²) >= 11 is 0. The van der Waals surface area contributed by atoms with Gasteiger partial charge >= 0.3 is 0 Å². The number of Topliss-reactive ketones (excluding diaryl/α,β-unsaturated/α-hetero) is 2. The van der Waals surface area contributed by atoms with Crippen LogP contribution < -0.4 is 0 Å². The highest BCUT2D eigenvalue weighted by Gasteiger charge is 2.55. The lowest BCUT2D eigenvalue weighted by atomic mass is 9.55. The van der Waals surface area contributed by atoms with Gasteiger partial charge in [-0.2, -0.15) is 0 Å². The quantitative estimate of drug-likeness (QED) is 0.322. The molecule has 8 rings (SSSR count). The maximum atomic E-state index is 12.9. The molecule has 4 saturated carbocycles. The van der Waals surface area contributed by atoms with Crippen molar-refractivity contribution in [1.29, 1.82) is 0 Å². The molecule has 0 spiro atoms. The Labute approximate surface area is 277 Å². The number of benzene rings is 2. The Balaban J connectivity index is 1.10. The molecule has 2 heteroatoms. The highest BCUT2D eigenvalue weighted by atomic mass is 16.1. The molecule has 0 N–H and O–H groups in total. The van der Waals surface area contributed by atoms with E-state index in [-0.39, 0.29) is 10.8 Å². The van der Waals surface area contributed by atoms with Crippen LogP contribution in [-0.2, 0) is 22.4 Å². The Bertz CT molecular complexity index is 1570. The largest absolute Gasteiger partial charge is 0.299 e. The van der Waals surface area contributed by atoms with Gasteiger partial charge in [0.2, 0.25) is 0 Å². The van der Waals surface area contributed by atoms with Crippen molar-refractivity contribution < 1.29 is 9.59 Å². The first-order valence-electron chi connectivity index (χ1n) is 18.7. The molecule has 4 fully saturated rings. The van der Waals surface area contributed by atoms with Crippen LogP contribution in [0.15, 0.2) is 47.5 Å². The summed E-state index contributed by atoms with van der Waals surface area (Å²) in [4.78, 5) is 25.7. The van der Waals surface area contributed by atoms with Crippen molar-refractivity contribution in [3.05, 3.63) is 80.9 Å². The minimum Gasteiger partial charge on any atom is -0.299 e. The Hall–Kier alpha value is -2.74. The number of ketones is 2. The molecule has 2 aromatic rings. The molecule has 0 amide bonds. The molecule has 8 atom stereocenters. The second-order valence-corrected chi connectivity index (χ2v) is 17.2. The molecule has 0 aromatic heterocycles. The third-order valence-corrected chi connectivity index (χ3v) is 14.7. The fraction of sp³-hybridized carbons (Fsp3) is 0.591. The molecule has 242 valence electrons. The summed E-state index contributed by atoms with van der Waals surface area (Å²) in [6.07, 6.45) is 13.0. The van der Waals surface area contributed by atoms with E-state index < -0.39 is 0 Å². The van der Waals surface area contributed by atoms with E-state index in [9.17, 15) is 9.59 Å². The van der Waals surface area contributed by atoms with E-state index >= 15 is 0 Å². The number of allylic oxidation sites excluding steroid dienone is 4. The summed E-state index contributed by atoms with van der Waals surface area (Å²) < 4.78 is 0. The first kappa shape index (κ1) is 30.6. The van der Waals surface area contributed by atoms with Gasteiger partial charge in [0.15, 0.2) is 0 Å². The maximum Gasteiger partial charge on any atom is 0.139 e. The number of rotatable bonds is 3. The van der Waals surface area contributed by atoms with Crippen LogP contribution in [0.25, 0.3) is 11.1 Å². The van der Waals surface area contributed by atoms with Gasteiger partial charge in [0, 0.05) is 23.7 Å². The van der Waals surface area contributed by atoms with Crippen molar-refractivity contribution in [3.8, 4) is 0 Å². The third kappa shape index (κ3) is 4.40. The predicted molar refractivity (Wildman–Crippen MR) is 189 cm³/mol. The molecule has 0 bridgehead atoms. The first-order chi connectivity index (χ1) is 22.0. The number of aryl methyl sites for hydroxylation is 2. The zero-order valence-corrected chi connectivity index (χ0v) is 29.2. The maximum absolute atomic E-state index is 12.9. The topological polar surface area (TPSA) is 34.1 Å². The van der Waals surface area contributed by atoms with E-state index in [1.165, 1.54) is 46.3 Å². The monoisotopic (exact) mass is 614 g/mol. The molecule has 0 aliphatic heterocycles. The van der Waals surface area contributed by atoms with Crippen LogP contribution in [-0.4, -0.2) is 11.6 Å². The summed E-state index contributed by atoms with van der Waals surface area (Å²) in [5, 5.41) is 0. The average Bonchev–Trinajstić information content (AvgIpc) is 3.52. The number of fused-ring (bicyclic) bond motifs is 10. The third-order valence-electron chi connectivity index (χ3n) is 14.7. The van der Waals surface area contributed by atoms with Crippen LogP contribution in [0.2, 0.25) is 0 Å². The van der Waals surface area contributed by atoms with Crippen molar-refractivity contribution in [3.63, 3.8) is 0 Å². The lowest BCUT2D eigenvalue weighted by Crippen LogP contribution is -2.42. The van der Waals surface area contributed by atoms with Crippen LogP contribution in [0.4, 0.5) is 0 Å². The van der Waals surface area contributed by atoms with Crippen LogP contribution in [0, 0.1) is 34.5 Å². The van der Waals surface area contributed by atoms with E-state index in [1.807, 2.05) is 0 Å². The van der Waals surface area contributed by atoms with Gasteiger partial charge < -0.3 is 0 Å². The summed E-state index contributed by atoms with van der Waals surface area (Å²) in [5.74, 6) is 4.80. The minimum absolute atomic E-state index is 0.0604. The highest BCUT2D eigenvalue weighted by Crippen LogP contribution is 2.61. The molecule has 6 aliphatic rings. The van der Waals surface area contributed by atoms with Gasteiger partial charge in [-0.3, -0.25) is 9.59 Å². The number of hydrogen-bond donors (Lipinski definition) is 0. The molecule has 0 radical (unpaired) electrons. The van der Waals surface area contributed by atoms with Crippen molar-refractivity contribution in [2.24, 2.45) is 34.5 Å². The normalized spacial score (nSPS) is 35.7. The van der Waals surface area contributed by atoms with E-state index in [0.717, 1.165) is 64.2 Å². The van der Waals surface area contributed by atoms with Crippen LogP contribution in [0.3, 0.4) is 0 Å². The van der Waals surface area contributed by atoms with Crippen LogP contribution in [0.1, 0.15) is 151 Å². The Kier molecular flexibility index (Phi) is 7.24. The molecule has 2 aromatic carbocycles. The zero-order chi connectivity index (χ0) is 32.1. The summed E-state index contributed by atoms with van der Waals surface area (Å²) in [6, 6.07) is 14.9. The standard InChI is InChI=1S/C44H54O2/c1-25(2)41(29-9-11-31-27(23-29)7-13-35-33(31)19-21-43(5)37(35)15-17-39(43)45)42(26(3)4)30-10-12-32-28(24-30)8-14-36-34(32)20-22-44(6)38(36)16-18-40(44)46/h9-12,23-24,33-38H,7-8,13-22H2,1-6H3/t33-,34-,35-,36-,37+,38+,43+,44+/m1/s1. The SMILES string of the molecule is CC(C)=C(C(=C(C)C)c1ccc2c(c1)CC[C@@H]1[C@@H]2CC[C@]2(C)C(=O)CC[C@@H]12)c1ccc2c(c1)CC[C@@H]1[C@@H]2CC[C@]2(C)C(=O)CC[C@@H]12. The lowest BCUT2D eigenvalue weighted by molar-refractivity contribution is -0.130. The molecule has 0 saturated heterocycles. The summed E-state index contributed by atoms with van der Waals surface area (Å²) in [6.45, 7) is 13.7. The molecule has 0 unspecified atom stereocenters. The smallest absolute Gasteiger partial charge is 0.139 e. The Morgan fingerprint density at radius 2 is 0.978 bits per heavy atom.